The average Bonchev–Trinajstić information content (AvgIpc) is 2.65. The molecule has 0 aromatic heterocycles. The van der Waals surface area contributed by atoms with E-state index >= 15 is 0 Å². The summed E-state index contributed by atoms with van der Waals surface area (Å²) in [5, 5.41) is 35.0. The molecule has 0 fully saturated rings. The SMILES string of the molecule is CSCCC(NC(=O)C(CS)NC(=O)C(N)C(C)O)C(=O)NC(C(=O)O)C(C)O. The summed E-state index contributed by atoms with van der Waals surface area (Å²) in [4.78, 5) is 48.1. The Balaban J connectivity index is 5.22. The van der Waals surface area contributed by atoms with Crippen LogP contribution in [-0.4, -0.2) is 93.1 Å². The van der Waals surface area contributed by atoms with Crippen LogP contribution in [0.3, 0.4) is 0 Å². The van der Waals surface area contributed by atoms with Gasteiger partial charge < -0.3 is 37.0 Å². The van der Waals surface area contributed by atoms with Crippen molar-refractivity contribution in [2.45, 2.75) is 56.6 Å². The normalized spacial score (nSPS) is 17.2. The lowest BCUT2D eigenvalue weighted by Gasteiger charge is -2.25. The summed E-state index contributed by atoms with van der Waals surface area (Å²) < 4.78 is 0. The van der Waals surface area contributed by atoms with Crippen molar-refractivity contribution in [3.05, 3.63) is 0 Å². The minimum atomic E-state index is -1.54. The van der Waals surface area contributed by atoms with Crippen LogP contribution in [-0.2, 0) is 19.2 Å². The third-order valence-corrected chi connectivity index (χ3v) is 4.94. The van der Waals surface area contributed by atoms with Crippen LogP contribution in [0.15, 0.2) is 0 Å². The van der Waals surface area contributed by atoms with Crippen LogP contribution >= 0.6 is 24.4 Å². The van der Waals surface area contributed by atoms with E-state index in [0.717, 1.165) is 0 Å². The fraction of sp³-hybridized carbons (Fsp3) is 0.750. The number of amides is 3. The van der Waals surface area contributed by atoms with Crippen LogP contribution in [0.4, 0.5) is 0 Å². The molecule has 6 unspecified atom stereocenters. The maximum absolute atomic E-state index is 12.5. The van der Waals surface area contributed by atoms with Crippen LogP contribution in [0.5, 0.6) is 0 Å². The highest BCUT2D eigenvalue weighted by Gasteiger charge is 2.31. The van der Waals surface area contributed by atoms with Crippen LogP contribution in [0.2, 0.25) is 0 Å². The van der Waals surface area contributed by atoms with E-state index in [9.17, 15) is 29.4 Å². The second kappa shape index (κ2) is 13.6. The van der Waals surface area contributed by atoms with Gasteiger partial charge in [0.05, 0.1) is 12.2 Å². The van der Waals surface area contributed by atoms with Gasteiger partial charge in [0.15, 0.2) is 6.04 Å². The number of aliphatic hydroxyl groups excluding tert-OH is 2. The standard InChI is InChI=1S/C16H30N4O7S2/c1-7(21)11(17)15(25)19-10(6-28)14(24)18-9(4-5-29-3)13(23)20-12(8(2)22)16(26)27/h7-12,21-22,28H,4-6,17H2,1-3H3,(H,18,24)(H,19,25)(H,20,23)(H,26,27). The highest BCUT2D eigenvalue weighted by atomic mass is 32.2. The number of thiol groups is 1. The van der Waals surface area contributed by atoms with Crippen molar-refractivity contribution < 1.29 is 34.5 Å². The van der Waals surface area contributed by atoms with E-state index in [2.05, 4.69) is 28.6 Å². The van der Waals surface area contributed by atoms with E-state index in [1.807, 2.05) is 0 Å². The molecule has 0 aliphatic heterocycles. The minimum absolute atomic E-state index is 0.105. The van der Waals surface area contributed by atoms with E-state index in [1.54, 1.807) is 6.26 Å². The Labute approximate surface area is 179 Å². The van der Waals surface area contributed by atoms with E-state index in [1.165, 1.54) is 25.6 Å². The lowest BCUT2D eigenvalue weighted by molar-refractivity contribution is -0.145. The molecule has 0 aromatic carbocycles. The Morgan fingerprint density at radius 3 is 1.90 bits per heavy atom. The summed E-state index contributed by atoms with van der Waals surface area (Å²) in [5.74, 6) is -3.32. The first-order valence-corrected chi connectivity index (χ1v) is 10.8. The van der Waals surface area contributed by atoms with Crippen LogP contribution in [0, 0.1) is 0 Å². The van der Waals surface area contributed by atoms with E-state index in [0.29, 0.717) is 5.75 Å². The summed E-state index contributed by atoms with van der Waals surface area (Å²) in [7, 11) is 0. The first-order chi connectivity index (χ1) is 13.5. The van der Waals surface area contributed by atoms with Gasteiger partial charge in [-0.3, -0.25) is 14.4 Å². The molecule has 0 heterocycles. The Bertz CT molecular complexity index is 577. The molecule has 11 nitrogen and oxygen atoms in total. The molecule has 0 aliphatic carbocycles. The number of hydrogen-bond donors (Lipinski definition) is 8. The highest BCUT2D eigenvalue weighted by molar-refractivity contribution is 7.98. The van der Waals surface area contributed by atoms with Crippen molar-refractivity contribution in [2.24, 2.45) is 5.73 Å². The molecule has 8 N–H and O–H groups in total. The Kier molecular flexibility index (Phi) is 12.9. The van der Waals surface area contributed by atoms with Crippen LogP contribution in [0.1, 0.15) is 20.3 Å². The molecule has 0 rings (SSSR count). The number of rotatable bonds is 13. The number of carbonyl (C=O) groups excluding carboxylic acids is 3. The largest absolute Gasteiger partial charge is 0.480 e. The number of aliphatic hydroxyl groups is 2. The number of thioether (sulfide) groups is 1. The molecule has 13 heteroatoms. The predicted molar refractivity (Wildman–Crippen MR) is 112 cm³/mol. The molecular formula is C16H30N4O7S2. The number of nitrogens with two attached hydrogens (primary N) is 1. The van der Waals surface area contributed by atoms with Gasteiger partial charge in [-0.05, 0) is 32.3 Å². The van der Waals surface area contributed by atoms with Gasteiger partial charge >= 0.3 is 5.97 Å². The number of carboxylic acids is 1. The zero-order chi connectivity index (χ0) is 22.7. The summed E-state index contributed by atoms with van der Waals surface area (Å²) >= 11 is 5.42. The molecule has 6 atom stereocenters. The van der Waals surface area contributed by atoms with Gasteiger partial charge in [-0.25, -0.2) is 4.79 Å². The number of hydrogen-bond acceptors (Lipinski definition) is 9. The Morgan fingerprint density at radius 1 is 0.966 bits per heavy atom. The second-order valence-corrected chi connectivity index (χ2v) is 7.77. The van der Waals surface area contributed by atoms with E-state index in [-0.39, 0.29) is 12.2 Å². The van der Waals surface area contributed by atoms with Crippen molar-refractivity contribution >= 4 is 48.1 Å². The summed E-state index contributed by atoms with van der Waals surface area (Å²) in [5.41, 5.74) is 5.52. The molecule has 0 aliphatic rings. The lowest BCUT2D eigenvalue weighted by Crippen LogP contribution is -2.59. The third-order valence-electron chi connectivity index (χ3n) is 3.93. The molecule has 0 spiro atoms. The lowest BCUT2D eigenvalue weighted by atomic mass is 10.1. The first kappa shape index (κ1) is 27.5. The van der Waals surface area contributed by atoms with Crippen LogP contribution < -0.4 is 21.7 Å². The summed E-state index contributed by atoms with van der Waals surface area (Å²) in [6, 6.07) is -5.02. The quantitative estimate of drug-likeness (QED) is 0.137. The second-order valence-electron chi connectivity index (χ2n) is 6.42. The van der Waals surface area contributed by atoms with Gasteiger partial charge in [0, 0.05) is 5.75 Å². The predicted octanol–water partition coefficient (Wildman–Crippen LogP) is -2.70. The van der Waals surface area contributed by atoms with Gasteiger partial charge in [0.1, 0.15) is 18.1 Å². The number of nitrogens with one attached hydrogen (secondary N) is 3. The Morgan fingerprint density at radius 2 is 1.48 bits per heavy atom. The molecular weight excluding hydrogens is 424 g/mol. The molecule has 0 radical (unpaired) electrons. The fourth-order valence-electron chi connectivity index (χ4n) is 2.10. The molecule has 29 heavy (non-hydrogen) atoms. The molecule has 0 saturated heterocycles. The smallest absolute Gasteiger partial charge is 0.328 e. The van der Waals surface area contributed by atoms with Gasteiger partial charge in [-0.15, -0.1) is 0 Å². The van der Waals surface area contributed by atoms with Crippen molar-refractivity contribution in [1.29, 1.82) is 0 Å². The maximum atomic E-state index is 12.5. The highest BCUT2D eigenvalue weighted by Crippen LogP contribution is 2.04. The number of aliphatic carboxylic acids is 1. The molecule has 168 valence electrons. The summed E-state index contributed by atoms with van der Waals surface area (Å²) in [6.45, 7) is 2.54. The number of carboxylic acid groups (broad SMARTS) is 1. The first-order valence-electron chi connectivity index (χ1n) is 8.81. The van der Waals surface area contributed by atoms with Gasteiger partial charge in [0.25, 0.3) is 0 Å². The van der Waals surface area contributed by atoms with Crippen LogP contribution in [0.25, 0.3) is 0 Å². The van der Waals surface area contributed by atoms with Gasteiger partial charge in [-0.2, -0.15) is 24.4 Å². The zero-order valence-corrected chi connectivity index (χ0v) is 18.2. The molecule has 0 saturated carbocycles. The van der Waals surface area contributed by atoms with Crippen molar-refractivity contribution in [3.8, 4) is 0 Å². The average molecular weight is 455 g/mol. The van der Waals surface area contributed by atoms with Crippen molar-refractivity contribution in [2.75, 3.05) is 17.8 Å². The van der Waals surface area contributed by atoms with Gasteiger partial charge in [-0.1, -0.05) is 0 Å². The molecule has 3 amide bonds. The maximum Gasteiger partial charge on any atom is 0.328 e. The molecule has 0 bridgehead atoms. The van der Waals surface area contributed by atoms with E-state index < -0.39 is 60.1 Å². The van der Waals surface area contributed by atoms with Gasteiger partial charge in [0.2, 0.25) is 17.7 Å². The fourth-order valence-corrected chi connectivity index (χ4v) is 2.83. The third kappa shape index (κ3) is 9.67. The monoisotopic (exact) mass is 454 g/mol. The van der Waals surface area contributed by atoms with E-state index in [4.69, 9.17) is 10.8 Å². The Hall–Kier alpha value is -1.54. The zero-order valence-electron chi connectivity index (χ0n) is 16.5. The minimum Gasteiger partial charge on any atom is -0.480 e. The molecule has 0 aromatic rings. The van der Waals surface area contributed by atoms with Crippen molar-refractivity contribution in [3.63, 3.8) is 0 Å². The topological polar surface area (TPSA) is 191 Å². The van der Waals surface area contributed by atoms with Crippen molar-refractivity contribution in [1.82, 2.24) is 16.0 Å². The summed E-state index contributed by atoms with van der Waals surface area (Å²) in [6.07, 6.45) is -0.501. The number of carbonyl (C=O) groups is 4.